The largest absolute Gasteiger partial charge is 0.454 e. The maximum absolute atomic E-state index is 12.3. The number of hydrogen-bond donors (Lipinski definition) is 1. The molecular weight excluding hydrogens is 332 g/mol. The zero-order valence-corrected chi connectivity index (χ0v) is 15.0. The molecule has 1 heterocycles. The van der Waals surface area contributed by atoms with Crippen LogP contribution in [-0.4, -0.2) is 37.1 Å². The lowest BCUT2D eigenvalue weighted by molar-refractivity contribution is -0.129. The molecule has 0 unspecified atom stereocenters. The van der Waals surface area contributed by atoms with Crippen molar-refractivity contribution in [3.05, 3.63) is 59.2 Å². The highest BCUT2D eigenvalue weighted by molar-refractivity contribution is 5.97. The predicted octanol–water partition coefficient (Wildman–Crippen LogP) is 2.37. The van der Waals surface area contributed by atoms with Crippen LogP contribution >= 0.6 is 0 Å². The Balaban J connectivity index is 1.51. The summed E-state index contributed by atoms with van der Waals surface area (Å²) >= 11 is 0. The Morgan fingerprint density at radius 3 is 2.46 bits per heavy atom. The summed E-state index contributed by atoms with van der Waals surface area (Å²) in [5.74, 6) is 0.680. The fraction of sp³-hybridized carbons (Fsp3) is 0.300. The van der Waals surface area contributed by atoms with Gasteiger partial charge in [-0.05, 0) is 35.7 Å². The van der Waals surface area contributed by atoms with Crippen molar-refractivity contribution >= 4 is 11.8 Å². The Hall–Kier alpha value is -3.02. The summed E-state index contributed by atoms with van der Waals surface area (Å²) in [5, 5.41) is 2.65. The second kappa shape index (κ2) is 7.91. The van der Waals surface area contributed by atoms with Crippen molar-refractivity contribution in [2.75, 3.05) is 20.4 Å². The molecule has 1 aliphatic heterocycles. The van der Waals surface area contributed by atoms with Crippen molar-refractivity contribution in [1.29, 1.82) is 0 Å². The number of hydrogen-bond acceptors (Lipinski definition) is 4. The number of rotatable bonds is 6. The van der Waals surface area contributed by atoms with Crippen LogP contribution in [0.2, 0.25) is 0 Å². The number of carbonyl (C=O) groups is 2. The van der Waals surface area contributed by atoms with Crippen LogP contribution in [-0.2, 0) is 17.8 Å². The van der Waals surface area contributed by atoms with Crippen molar-refractivity contribution < 1.29 is 19.1 Å². The number of ether oxygens (including phenoxy) is 2. The molecule has 0 saturated heterocycles. The van der Waals surface area contributed by atoms with E-state index >= 15 is 0 Å². The number of carbonyl (C=O) groups excluding carboxylic acids is 2. The van der Waals surface area contributed by atoms with Crippen molar-refractivity contribution in [3.8, 4) is 11.5 Å². The standard InChI is InChI=1S/C20H22N2O4/c1-3-14-4-6-15(7-5-14)12-22(2)19(23)11-21-20(24)16-8-9-17-18(10-16)26-13-25-17/h4-10H,3,11-13H2,1-2H3,(H,21,24). The van der Waals surface area contributed by atoms with E-state index in [2.05, 4.69) is 24.4 Å². The van der Waals surface area contributed by atoms with E-state index in [1.54, 1.807) is 30.1 Å². The van der Waals surface area contributed by atoms with Gasteiger partial charge in [0.1, 0.15) is 0 Å². The smallest absolute Gasteiger partial charge is 0.251 e. The maximum Gasteiger partial charge on any atom is 0.251 e. The van der Waals surface area contributed by atoms with Crippen molar-refractivity contribution in [1.82, 2.24) is 10.2 Å². The van der Waals surface area contributed by atoms with Gasteiger partial charge in [0.2, 0.25) is 12.7 Å². The van der Waals surface area contributed by atoms with E-state index in [4.69, 9.17) is 9.47 Å². The summed E-state index contributed by atoms with van der Waals surface area (Å²) < 4.78 is 10.5. The monoisotopic (exact) mass is 354 g/mol. The minimum Gasteiger partial charge on any atom is -0.454 e. The Morgan fingerprint density at radius 2 is 1.73 bits per heavy atom. The first-order valence-electron chi connectivity index (χ1n) is 8.56. The minimum atomic E-state index is -0.322. The average Bonchev–Trinajstić information content (AvgIpc) is 3.14. The Kier molecular flexibility index (Phi) is 5.41. The molecule has 0 radical (unpaired) electrons. The summed E-state index contributed by atoms with van der Waals surface area (Å²) in [7, 11) is 1.72. The fourth-order valence-electron chi connectivity index (χ4n) is 2.67. The number of nitrogens with zero attached hydrogens (tertiary/aromatic N) is 1. The van der Waals surface area contributed by atoms with E-state index < -0.39 is 0 Å². The van der Waals surface area contributed by atoms with E-state index in [0.29, 0.717) is 23.6 Å². The van der Waals surface area contributed by atoms with E-state index in [0.717, 1.165) is 12.0 Å². The van der Waals surface area contributed by atoms with Crippen LogP contribution in [0, 0.1) is 0 Å². The van der Waals surface area contributed by atoms with Crippen LogP contribution in [0.4, 0.5) is 0 Å². The van der Waals surface area contributed by atoms with Gasteiger partial charge >= 0.3 is 0 Å². The number of benzene rings is 2. The van der Waals surface area contributed by atoms with E-state index in [1.165, 1.54) is 5.56 Å². The summed E-state index contributed by atoms with van der Waals surface area (Å²) in [6.45, 7) is 2.70. The van der Waals surface area contributed by atoms with Crippen LogP contribution < -0.4 is 14.8 Å². The molecule has 2 amide bonds. The molecule has 0 fully saturated rings. The van der Waals surface area contributed by atoms with Gasteiger partial charge in [0.05, 0.1) is 6.54 Å². The molecule has 0 bridgehead atoms. The van der Waals surface area contributed by atoms with Gasteiger partial charge in [-0.2, -0.15) is 0 Å². The highest BCUT2D eigenvalue weighted by Gasteiger charge is 2.17. The van der Waals surface area contributed by atoms with Gasteiger partial charge in [-0.25, -0.2) is 0 Å². The molecule has 0 saturated carbocycles. The Labute approximate surface area is 152 Å². The molecule has 136 valence electrons. The number of aryl methyl sites for hydroxylation is 1. The minimum absolute atomic E-state index is 0.0587. The molecule has 6 nitrogen and oxygen atoms in total. The normalized spacial score (nSPS) is 11.9. The van der Waals surface area contributed by atoms with Crippen molar-refractivity contribution in [3.63, 3.8) is 0 Å². The number of amides is 2. The highest BCUT2D eigenvalue weighted by Crippen LogP contribution is 2.32. The topological polar surface area (TPSA) is 67.9 Å². The van der Waals surface area contributed by atoms with Gasteiger partial charge in [0.25, 0.3) is 5.91 Å². The first-order chi connectivity index (χ1) is 12.6. The lowest BCUT2D eigenvalue weighted by atomic mass is 10.1. The van der Waals surface area contributed by atoms with E-state index in [-0.39, 0.29) is 25.2 Å². The predicted molar refractivity (Wildman–Crippen MR) is 97.2 cm³/mol. The Bertz CT molecular complexity index is 802. The van der Waals surface area contributed by atoms with Crippen molar-refractivity contribution in [2.45, 2.75) is 19.9 Å². The molecule has 0 aromatic heterocycles. The van der Waals surface area contributed by atoms with Gasteiger partial charge < -0.3 is 19.7 Å². The third-order valence-corrected chi connectivity index (χ3v) is 4.31. The highest BCUT2D eigenvalue weighted by atomic mass is 16.7. The van der Waals surface area contributed by atoms with Crippen LogP contribution in [0.5, 0.6) is 11.5 Å². The van der Waals surface area contributed by atoms with E-state index in [9.17, 15) is 9.59 Å². The van der Waals surface area contributed by atoms with Crippen LogP contribution in [0.3, 0.4) is 0 Å². The molecule has 2 aromatic rings. The summed E-state index contributed by atoms with van der Waals surface area (Å²) in [6, 6.07) is 13.1. The molecule has 2 aromatic carbocycles. The third-order valence-electron chi connectivity index (χ3n) is 4.31. The fourth-order valence-corrected chi connectivity index (χ4v) is 2.67. The lowest BCUT2D eigenvalue weighted by Gasteiger charge is -2.18. The van der Waals surface area contributed by atoms with Gasteiger partial charge in [0, 0.05) is 19.2 Å². The first kappa shape index (κ1) is 17.8. The number of nitrogens with one attached hydrogen (secondary N) is 1. The SMILES string of the molecule is CCc1ccc(CN(C)C(=O)CNC(=O)c2ccc3c(c2)OCO3)cc1. The molecule has 0 atom stereocenters. The molecular formula is C20H22N2O4. The average molecular weight is 354 g/mol. The third kappa shape index (κ3) is 4.14. The van der Waals surface area contributed by atoms with E-state index in [1.807, 2.05) is 12.1 Å². The molecule has 6 heteroatoms. The van der Waals surface area contributed by atoms with Gasteiger partial charge in [-0.3, -0.25) is 9.59 Å². The Morgan fingerprint density at radius 1 is 1.04 bits per heavy atom. The van der Waals surface area contributed by atoms with Crippen molar-refractivity contribution in [2.24, 2.45) is 0 Å². The first-order valence-corrected chi connectivity index (χ1v) is 8.56. The van der Waals surface area contributed by atoms with Gasteiger partial charge in [-0.1, -0.05) is 31.2 Å². The van der Waals surface area contributed by atoms with Gasteiger partial charge in [-0.15, -0.1) is 0 Å². The number of fused-ring (bicyclic) bond motifs is 1. The van der Waals surface area contributed by atoms with Crippen LogP contribution in [0.1, 0.15) is 28.4 Å². The molecule has 1 N–H and O–H groups in total. The summed E-state index contributed by atoms with van der Waals surface area (Å²) in [6.07, 6.45) is 0.987. The molecule has 3 rings (SSSR count). The molecule has 1 aliphatic rings. The second-order valence-electron chi connectivity index (χ2n) is 6.17. The van der Waals surface area contributed by atoms with Crippen LogP contribution in [0.15, 0.2) is 42.5 Å². The van der Waals surface area contributed by atoms with Crippen LogP contribution in [0.25, 0.3) is 0 Å². The van der Waals surface area contributed by atoms with Gasteiger partial charge in [0.15, 0.2) is 11.5 Å². The molecule has 0 spiro atoms. The summed E-state index contributed by atoms with van der Waals surface area (Å²) in [5.41, 5.74) is 2.75. The molecule has 26 heavy (non-hydrogen) atoms. The lowest BCUT2D eigenvalue weighted by Crippen LogP contribution is -2.37. The zero-order valence-electron chi connectivity index (χ0n) is 15.0. The number of likely N-dealkylation sites (N-methyl/N-ethyl adjacent to an activating group) is 1. The molecule has 0 aliphatic carbocycles. The summed E-state index contributed by atoms with van der Waals surface area (Å²) in [4.78, 5) is 26.1. The second-order valence-corrected chi connectivity index (χ2v) is 6.17. The quantitative estimate of drug-likeness (QED) is 0.865. The maximum atomic E-state index is 12.3. The zero-order chi connectivity index (χ0) is 18.5.